The summed E-state index contributed by atoms with van der Waals surface area (Å²) < 4.78 is 5.02. The molecule has 0 aromatic carbocycles. The van der Waals surface area contributed by atoms with Gasteiger partial charge in [0.25, 0.3) is 0 Å². The lowest BCUT2D eigenvalue weighted by Gasteiger charge is -2.03. The molecule has 0 aliphatic heterocycles. The molecular weight excluding hydrogens is 188 g/mol. The van der Waals surface area contributed by atoms with Crippen molar-refractivity contribution in [2.24, 2.45) is 0 Å². The molecule has 0 rings (SSSR count). The molecule has 2 heteroatoms. The van der Waals surface area contributed by atoms with E-state index in [1.54, 1.807) is 0 Å². The van der Waals surface area contributed by atoms with Crippen LogP contribution in [-0.4, -0.2) is 12.6 Å². The zero-order valence-corrected chi connectivity index (χ0v) is 10.3. The predicted octanol–water partition coefficient (Wildman–Crippen LogP) is 3.86. The van der Waals surface area contributed by atoms with Crippen molar-refractivity contribution in [1.29, 1.82) is 0 Å². The molecule has 2 nitrogen and oxygen atoms in total. The van der Waals surface area contributed by atoms with Crippen molar-refractivity contribution >= 4 is 5.97 Å². The minimum absolute atomic E-state index is 0.117. The van der Waals surface area contributed by atoms with Gasteiger partial charge in [-0.3, -0.25) is 4.79 Å². The van der Waals surface area contributed by atoms with Crippen LogP contribution in [0.25, 0.3) is 0 Å². The van der Waals surface area contributed by atoms with Gasteiger partial charge in [0.05, 0.1) is 0 Å². The average molecular weight is 212 g/mol. The largest absolute Gasteiger partial charge is 0.461 e. The van der Waals surface area contributed by atoms with Crippen molar-refractivity contribution in [2.45, 2.75) is 59.3 Å². The lowest BCUT2D eigenvalue weighted by molar-refractivity contribution is -0.142. The maximum atomic E-state index is 10.9. The molecule has 0 N–H and O–H groups in total. The van der Waals surface area contributed by atoms with Crippen molar-refractivity contribution in [1.82, 2.24) is 0 Å². The lowest BCUT2D eigenvalue weighted by atomic mass is 10.1. The maximum absolute atomic E-state index is 10.9. The monoisotopic (exact) mass is 212 g/mol. The maximum Gasteiger partial charge on any atom is 0.305 e. The summed E-state index contributed by atoms with van der Waals surface area (Å²) >= 11 is 0. The molecule has 0 spiro atoms. The van der Waals surface area contributed by atoms with Gasteiger partial charge >= 0.3 is 5.97 Å². The van der Waals surface area contributed by atoms with Gasteiger partial charge in [0.2, 0.25) is 0 Å². The van der Waals surface area contributed by atoms with Crippen LogP contribution in [0, 0.1) is 0 Å². The van der Waals surface area contributed by atoms with E-state index in [-0.39, 0.29) is 5.97 Å². The van der Waals surface area contributed by atoms with Gasteiger partial charge in [0, 0.05) is 6.42 Å². The van der Waals surface area contributed by atoms with Crippen LogP contribution in [0.4, 0.5) is 0 Å². The van der Waals surface area contributed by atoms with E-state index in [2.05, 4.69) is 13.0 Å². The van der Waals surface area contributed by atoms with E-state index in [1.165, 1.54) is 25.7 Å². The number of carbonyl (C=O) groups excluding carboxylic acids is 1. The Morgan fingerprint density at radius 2 is 1.93 bits per heavy atom. The summed E-state index contributed by atoms with van der Waals surface area (Å²) in [7, 11) is 0. The Labute approximate surface area is 93.7 Å². The Morgan fingerprint density at radius 3 is 2.53 bits per heavy atom. The van der Waals surface area contributed by atoms with Gasteiger partial charge in [0.1, 0.15) is 6.61 Å². The molecule has 0 unspecified atom stereocenters. The van der Waals surface area contributed by atoms with E-state index in [0.29, 0.717) is 13.0 Å². The second-order valence-electron chi connectivity index (χ2n) is 3.91. The molecule has 88 valence electrons. The first-order valence-electron chi connectivity index (χ1n) is 6.02. The fraction of sp³-hybridized carbons (Fsp3) is 0.769. The number of unbranched alkanes of at least 4 members (excludes halogenated alkanes) is 4. The van der Waals surface area contributed by atoms with Gasteiger partial charge in [-0.1, -0.05) is 39.2 Å². The van der Waals surface area contributed by atoms with Gasteiger partial charge in [-0.05, 0) is 25.3 Å². The van der Waals surface area contributed by atoms with Gasteiger partial charge in [-0.15, -0.1) is 0 Å². The van der Waals surface area contributed by atoms with E-state index in [0.717, 1.165) is 12.0 Å². The average Bonchev–Trinajstić information content (AvgIpc) is 2.25. The molecule has 0 saturated heterocycles. The number of esters is 1. The summed E-state index contributed by atoms with van der Waals surface area (Å²) in [5.41, 5.74) is 1.16. The fourth-order valence-corrected chi connectivity index (χ4v) is 1.27. The number of carbonyl (C=O) groups is 1. The molecule has 0 bridgehead atoms. The number of ether oxygens (including phenoxy) is 1. The molecule has 0 radical (unpaired) electrons. The van der Waals surface area contributed by atoms with Crippen LogP contribution in [0.3, 0.4) is 0 Å². The molecule has 0 saturated carbocycles. The molecule has 0 atom stereocenters. The van der Waals surface area contributed by atoms with Gasteiger partial charge in [0.15, 0.2) is 0 Å². The van der Waals surface area contributed by atoms with E-state index in [4.69, 9.17) is 4.74 Å². The molecule has 0 fully saturated rings. The lowest BCUT2D eigenvalue weighted by Crippen LogP contribution is -2.04. The Morgan fingerprint density at radius 1 is 1.20 bits per heavy atom. The molecule has 0 amide bonds. The first-order chi connectivity index (χ1) is 7.20. The topological polar surface area (TPSA) is 26.3 Å². The van der Waals surface area contributed by atoms with Crippen LogP contribution in [0.15, 0.2) is 11.6 Å². The smallest absolute Gasteiger partial charge is 0.305 e. The normalized spacial score (nSPS) is 11.5. The van der Waals surface area contributed by atoms with Crippen LogP contribution in [0.5, 0.6) is 0 Å². The summed E-state index contributed by atoms with van der Waals surface area (Å²) in [4.78, 5) is 10.9. The second kappa shape index (κ2) is 9.75. The summed E-state index contributed by atoms with van der Waals surface area (Å²) in [6.45, 7) is 6.50. The van der Waals surface area contributed by atoms with Crippen LogP contribution in [0.1, 0.15) is 59.3 Å². The van der Waals surface area contributed by atoms with Crippen molar-refractivity contribution < 1.29 is 9.53 Å². The van der Waals surface area contributed by atoms with Crippen molar-refractivity contribution in [3.63, 3.8) is 0 Å². The molecule has 15 heavy (non-hydrogen) atoms. The first kappa shape index (κ1) is 14.2. The van der Waals surface area contributed by atoms with Gasteiger partial charge in [-0.25, -0.2) is 0 Å². The molecule has 0 aliphatic rings. The standard InChI is InChI=1S/C13H24O2/c1-4-6-7-8-9-10-12(3)11-15-13(14)5-2/h10H,4-9,11H2,1-3H3/b12-10+. The number of hydrogen-bond acceptors (Lipinski definition) is 2. The zero-order valence-electron chi connectivity index (χ0n) is 10.3. The summed E-state index contributed by atoms with van der Waals surface area (Å²) in [6, 6.07) is 0. The third-order valence-electron chi connectivity index (χ3n) is 2.30. The number of hydrogen-bond donors (Lipinski definition) is 0. The van der Waals surface area contributed by atoms with Crippen LogP contribution < -0.4 is 0 Å². The van der Waals surface area contributed by atoms with Gasteiger partial charge < -0.3 is 4.74 Å². The minimum atomic E-state index is -0.117. The molecular formula is C13H24O2. The summed E-state index contributed by atoms with van der Waals surface area (Å²) in [5, 5.41) is 0. The number of rotatable bonds is 8. The first-order valence-corrected chi connectivity index (χ1v) is 6.02. The molecule has 0 aliphatic carbocycles. The van der Waals surface area contributed by atoms with Crippen molar-refractivity contribution in [3.8, 4) is 0 Å². The second-order valence-corrected chi connectivity index (χ2v) is 3.91. The summed E-state index contributed by atoms with van der Waals surface area (Å²) in [6.07, 6.45) is 8.88. The Bertz CT molecular complexity index is 195. The van der Waals surface area contributed by atoms with Crippen LogP contribution in [0.2, 0.25) is 0 Å². The van der Waals surface area contributed by atoms with E-state index < -0.39 is 0 Å². The Kier molecular flexibility index (Phi) is 9.24. The zero-order chi connectivity index (χ0) is 11.5. The third-order valence-corrected chi connectivity index (χ3v) is 2.30. The predicted molar refractivity (Wildman–Crippen MR) is 63.8 cm³/mol. The summed E-state index contributed by atoms with van der Waals surface area (Å²) in [5.74, 6) is -0.117. The SMILES string of the molecule is CCCCCC/C=C(\C)COC(=O)CC. The van der Waals surface area contributed by atoms with Crippen molar-refractivity contribution in [3.05, 3.63) is 11.6 Å². The fourth-order valence-electron chi connectivity index (χ4n) is 1.27. The Balaban J connectivity index is 3.47. The van der Waals surface area contributed by atoms with E-state index >= 15 is 0 Å². The minimum Gasteiger partial charge on any atom is -0.461 e. The highest BCUT2D eigenvalue weighted by Crippen LogP contribution is 2.05. The van der Waals surface area contributed by atoms with Gasteiger partial charge in [-0.2, -0.15) is 0 Å². The molecule has 0 aromatic rings. The highest BCUT2D eigenvalue weighted by atomic mass is 16.5. The third kappa shape index (κ3) is 9.51. The molecule has 0 aromatic heterocycles. The molecule has 0 heterocycles. The Hall–Kier alpha value is -0.790. The van der Waals surface area contributed by atoms with E-state index in [9.17, 15) is 4.79 Å². The quantitative estimate of drug-likeness (QED) is 0.347. The van der Waals surface area contributed by atoms with Crippen LogP contribution >= 0.6 is 0 Å². The van der Waals surface area contributed by atoms with Crippen LogP contribution in [-0.2, 0) is 9.53 Å². The highest BCUT2D eigenvalue weighted by molar-refractivity contribution is 5.69. The number of allylic oxidation sites excluding steroid dienone is 1. The van der Waals surface area contributed by atoms with Crippen molar-refractivity contribution in [2.75, 3.05) is 6.61 Å². The highest BCUT2D eigenvalue weighted by Gasteiger charge is 1.97. The van der Waals surface area contributed by atoms with E-state index in [1.807, 2.05) is 13.8 Å².